The van der Waals surface area contributed by atoms with Gasteiger partial charge in [0.25, 0.3) is 5.56 Å². The number of aromatic nitrogens is 3. The average Bonchev–Trinajstić information content (AvgIpc) is 3.23. The number of aromatic amines is 1. The third-order valence-electron chi connectivity index (χ3n) is 5.11. The van der Waals surface area contributed by atoms with Gasteiger partial charge in [-0.3, -0.25) is 23.9 Å². The molecule has 1 saturated heterocycles. The molecule has 0 aliphatic carbocycles. The fourth-order valence-electron chi connectivity index (χ4n) is 3.47. The standard InChI is InChI=1S/C17H21N6O15P3/c1-9-7-23(17(26)21-15(9)24)14-5-12(36-16(25)10-3-2-4-19-11(10)6-20-22-18)13(35-14)8-34-40(30,31)38-41(32,33)37-39(27,28)29/h2-4,7,12-14H,5-6,8H2,1H3,(H,30,31)(H,32,33)(H,21,24,26)(H2,27,28,29)/t12-,13-,14-/m1/s1. The lowest BCUT2D eigenvalue weighted by atomic mass is 10.1. The average molecular weight is 642 g/mol. The van der Waals surface area contributed by atoms with Crippen molar-refractivity contribution in [2.45, 2.75) is 38.3 Å². The van der Waals surface area contributed by atoms with Crippen LogP contribution in [0.4, 0.5) is 0 Å². The fraction of sp³-hybridized carbons (Fsp3) is 0.412. The van der Waals surface area contributed by atoms with E-state index in [0.717, 1.165) is 10.8 Å². The predicted octanol–water partition coefficient (Wildman–Crippen LogP) is 0.907. The van der Waals surface area contributed by atoms with Crippen LogP contribution in [0.15, 0.2) is 39.2 Å². The van der Waals surface area contributed by atoms with Crippen LogP contribution >= 0.6 is 23.5 Å². The number of phosphoric acid groups is 3. The lowest BCUT2D eigenvalue weighted by Crippen LogP contribution is -2.33. The van der Waals surface area contributed by atoms with Gasteiger partial charge in [-0.05, 0) is 24.6 Å². The SMILES string of the molecule is Cc1cn([C@H]2C[C@@H](OC(=O)c3cccnc3CN=[N+]=[N-])[C@@H](COP(=O)(O)OP(=O)(O)OP(=O)(O)O)O2)c(=O)[nH]c1=O. The van der Waals surface area contributed by atoms with Gasteiger partial charge < -0.3 is 29.0 Å². The van der Waals surface area contributed by atoms with Gasteiger partial charge in [0.2, 0.25) is 0 Å². The second-order valence-corrected chi connectivity index (χ2v) is 12.5. The van der Waals surface area contributed by atoms with E-state index >= 15 is 0 Å². The van der Waals surface area contributed by atoms with Gasteiger partial charge in [-0.1, -0.05) is 5.11 Å². The van der Waals surface area contributed by atoms with E-state index in [1.165, 1.54) is 25.3 Å². The van der Waals surface area contributed by atoms with Crippen LogP contribution in [0.5, 0.6) is 0 Å². The summed E-state index contributed by atoms with van der Waals surface area (Å²) in [5.74, 6) is -1.01. The second-order valence-electron chi connectivity index (χ2n) is 8.06. The number of H-pyrrole nitrogens is 1. The van der Waals surface area contributed by atoms with Crippen LogP contribution in [0, 0.1) is 6.92 Å². The number of carbonyl (C=O) groups excluding carboxylic acids is 1. The highest BCUT2D eigenvalue weighted by atomic mass is 31.3. The summed E-state index contributed by atoms with van der Waals surface area (Å²) in [5.41, 5.74) is 7.01. The summed E-state index contributed by atoms with van der Waals surface area (Å²) in [6.07, 6.45) is -1.86. The number of hydrogen-bond acceptors (Lipinski definition) is 13. The third-order valence-corrected chi connectivity index (χ3v) is 8.91. The van der Waals surface area contributed by atoms with Gasteiger partial charge in [-0.15, -0.1) is 0 Å². The van der Waals surface area contributed by atoms with Crippen LogP contribution in [-0.4, -0.2) is 58.9 Å². The first-order valence-corrected chi connectivity index (χ1v) is 15.4. The van der Waals surface area contributed by atoms with Crippen molar-refractivity contribution in [3.05, 3.63) is 72.6 Å². The van der Waals surface area contributed by atoms with Gasteiger partial charge in [-0.25, -0.2) is 23.3 Å². The van der Waals surface area contributed by atoms with Crippen molar-refractivity contribution in [3.8, 4) is 0 Å². The minimum absolute atomic E-state index is 0.0445. The molecule has 2 aromatic rings. The summed E-state index contributed by atoms with van der Waals surface area (Å²) in [6.45, 7) is 0.0721. The molecule has 24 heteroatoms. The molecule has 0 aromatic carbocycles. The van der Waals surface area contributed by atoms with Crippen molar-refractivity contribution < 1.29 is 60.7 Å². The molecule has 5 atom stereocenters. The molecule has 1 aliphatic heterocycles. The van der Waals surface area contributed by atoms with Gasteiger partial charge in [-0.2, -0.15) is 8.62 Å². The Balaban J connectivity index is 1.85. The molecule has 0 amide bonds. The Kier molecular flexibility index (Phi) is 10.2. The van der Waals surface area contributed by atoms with Crippen molar-refractivity contribution in [1.82, 2.24) is 14.5 Å². The lowest BCUT2D eigenvalue weighted by molar-refractivity contribution is -0.0512. The summed E-state index contributed by atoms with van der Waals surface area (Å²) < 4.78 is 58.6. The third kappa shape index (κ3) is 9.24. The van der Waals surface area contributed by atoms with E-state index in [0.29, 0.717) is 0 Å². The van der Waals surface area contributed by atoms with Crippen molar-refractivity contribution in [1.29, 1.82) is 0 Å². The molecule has 1 fully saturated rings. The number of phosphoric ester groups is 1. The van der Waals surface area contributed by atoms with Crippen LogP contribution < -0.4 is 11.2 Å². The van der Waals surface area contributed by atoms with Crippen LogP contribution in [0.1, 0.15) is 34.3 Å². The maximum absolute atomic E-state index is 13.0. The number of hydrogen-bond donors (Lipinski definition) is 5. The molecule has 0 saturated carbocycles. The number of esters is 1. The minimum Gasteiger partial charge on any atom is -0.456 e. The zero-order chi connectivity index (χ0) is 30.6. The van der Waals surface area contributed by atoms with E-state index in [-0.39, 0.29) is 29.8 Å². The molecule has 3 rings (SSSR count). The second kappa shape index (κ2) is 12.9. The molecule has 2 unspecified atom stereocenters. The first-order valence-electron chi connectivity index (χ1n) is 10.9. The van der Waals surface area contributed by atoms with Gasteiger partial charge in [0.15, 0.2) is 0 Å². The van der Waals surface area contributed by atoms with Crippen molar-refractivity contribution >= 4 is 29.4 Å². The van der Waals surface area contributed by atoms with Gasteiger partial charge >= 0.3 is 35.1 Å². The van der Waals surface area contributed by atoms with E-state index in [1.807, 2.05) is 0 Å². The van der Waals surface area contributed by atoms with Crippen molar-refractivity contribution in [2.75, 3.05) is 6.61 Å². The highest BCUT2D eigenvalue weighted by Crippen LogP contribution is 2.66. The van der Waals surface area contributed by atoms with E-state index in [2.05, 4.69) is 33.1 Å². The number of rotatable bonds is 12. The zero-order valence-corrected chi connectivity index (χ0v) is 23.2. The topological polar surface area (TPSA) is 312 Å². The highest BCUT2D eigenvalue weighted by molar-refractivity contribution is 7.66. The Labute approximate surface area is 227 Å². The van der Waals surface area contributed by atoms with Gasteiger partial charge in [0.1, 0.15) is 18.4 Å². The highest BCUT2D eigenvalue weighted by Gasteiger charge is 2.44. The van der Waals surface area contributed by atoms with Gasteiger partial charge in [0, 0.05) is 29.3 Å². The predicted molar refractivity (Wildman–Crippen MR) is 131 cm³/mol. The first kappa shape index (κ1) is 32.5. The molecule has 5 N–H and O–H groups in total. The van der Waals surface area contributed by atoms with Crippen LogP contribution in [-0.2, 0) is 42.9 Å². The molecular weight excluding hydrogens is 621 g/mol. The summed E-state index contributed by atoms with van der Waals surface area (Å²) in [4.78, 5) is 82.1. The molecule has 21 nitrogen and oxygen atoms in total. The van der Waals surface area contributed by atoms with Crippen molar-refractivity contribution in [2.24, 2.45) is 5.11 Å². The molecule has 0 spiro atoms. The number of nitrogens with one attached hydrogen (secondary N) is 1. The fourth-order valence-corrected chi connectivity index (χ4v) is 6.50. The Hall–Kier alpha value is -3.02. The van der Waals surface area contributed by atoms with Crippen molar-refractivity contribution in [3.63, 3.8) is 0 Å². The van der Waals surface area contributed by atoms with E-state index in [9.17, 15) is 37.9 Å². The molecule has 0 bridgehead atoms. The summed E-state index contributed by atoms with van der Waals surface area (Å²) in [7, 11) is -17.0. The molecule has 2 aromatic heterocycles. The maximum atomic E-state index is 13.0. The summed E-state index contributed by atoms with van der Waals surface area (Å²) >= 11 is 0. The Morgan fingerprint density at radius 1 is 1.24 bits per heavy atom. The number of aryl methyl sites for hydroxylation is 1. The minimum atomic E-state index is -5.81. The van der Waals surface area contributed by atoms with Crippen LogP contribution in [0.3, 0.4) is 0 Å². The van der Waals surface area contributed by atoms with E-state index < -0.39 is 65.7 Å². The van der Waals surface area contributed by atoms with Crippen LogP contribution in [0.25, 0.3) is 10.4 Å². The quantitative estimate of drug-likeness (QED) is 0.0706. The zero-order valence-electron chi connectivity index (χ0n) is 20.5. The van der Waals surface area contributed by atoms with E-state index in [1.54, 1.807) is 0 Å². The molecule has 41 heavy (non-hydrogen) atoms. The number of carbonyl (C=O) groups is 1. The smallest absolute Gasteiger partial charge is 0.456 e. The Morgan fingerprint density at radius 2 is 1.95 bits per heavy atom. The summed E-state index contributed by atoms with van der Waals surface area (Å²) in [6, 6.07) is 2.70. The Bertz CT molecular complexity index is 1610. The first-order chi connectivity index (χ1) is 19.0. The Morgan fingerprint density at radius 3 is 2.61 bits per heavy atom. The van der Waals surface area contributed by atoms with Gasteiger partial charge in [0.05, 0.1) is 24.4 Å². The molecule has 0 radical (unpaired) electrons. The molecular formula is C17H21N6O15P3. The number of azide groups is 1. The normalized spacial score (nSPS) is 21.8. The van der Waals surface area contributed by atoms with Crippen LogP contribution in [0.2, 0.25) is 0 Å². The number of ether oxygens (including phenoxy) is 2. The van der Waals surface area contributed by atoms with E-state index in [4.69, 9.17) is 24.8 Å². The summed E-state index contributed by atoms with van der Waals surface area (Å²) in [5, 5.41) is 3.34. The molecule has 1 aliphatic rings. The number of pyridine rings is 1. The monoisotopic (exact) mass is 642 g/mol. The largest absolute Gasteiger partial charge is 0.490 e. The molecule has 3 heterocycles. The maximum Gasteiger partial charge on any atom is 0.490 e. The lowest BCUT2D eigenvalue weighted by Gasteiger charge is -2.21. The number of nitrogens with zero attached hydrogens (tertiary/aromatic N) is 5. The molecule has 224 valence electrons.